The first kappa shape index (κ1) is 12.1. The number of aromatic nitrogens is 3. The molecular formula is C13H16ClN3. The largest absolute Gasteiger partial charge is 0.260 e. The monoisotopic (exact) mass is 249 g/mol. The van der Waals surface area contributed by atoms with Crippen LogP contribution < -0.4 is 0 Å². The van der Waals surface area contributed by atoms with E-state index < -0.39 is 0 Å². The van der Waals surface area contributed by atoms with E-state index in [0.717, 1.165) is 29.9 Å². The number of hydrogen-bond donors (Lipinski definition) is 0. The normalized spacial score (nSPS) is 10.8. The highest BCUT2D eigenvalue weighted by Gasteiger charge is 2.07. The molecule has 0 fully saturated rings. The second-order valence-corrected chi connectivity index (χ2v) is 4.15. The zero-order chi connectivity index (χ0) is 12.3. The molecule has 0 amide bonds. The molecule has 0 saturated carbocycles. The second kappa shape index (κ2) is 5.32. The van der Waals surface area contributed by atoms with Gasteiger partial charge in [-0.3, -0.25) is 4.98 Å². The van der Waals surface area contributed by atoms with E-state index in [-0.39, 0.29) is 0 Å². The maximum atomic E-state index is 5.80. The van der Waals surface area contributed by atoms with Crippen molar-refractivity contribution in [2.75, 3.05) is 0 Å². The lowest BCUT2D eigenvalue weighted by atomic mass is 10.2. The van der Waals surface area contributed by atoms with Crippen LogP contribution in [0.15, 0.2) is 24.4 Å². The third kappa shape index (κ3) is 2.50. The van der Waals surface area contributed by atoms with Crippen LogP contribution in [0.5, 0.6) is 0 Å². The molecule has 0 unspecified atom stereocenters. The standard InChI is InChI=1S/C13H16ClN3/c1-3-10-7-12(4-2)17(16-10)13-5-6-15-11(8-13)9-14/h5-8H,3-4,9H2,1-2H3. The average Bonchev–Trinajstić information content (AvgIpc) is 2.82. The van der Waals surface area contributed by atoms with Gasteiger partial charge in [0.25, 0.3) is 0 Å². The van der Waals surface area contributed by atoms with E-state index in [1.54, 1.807) is 6.20 Å². The smallest absolute Gasteiger partial charge is 0.0682 e. The molecular weight excluding hydrogens is 234 g/mol. The van der Waals surface area contributed by atoms with Crippen LogP contribution in [0.4, 0.5) is 0 Å². The molecule has 0 aliphatic heterocycles. The molecule has 17 heavy (non-hydrogen) atoms. The summed E-state index contributed by atoms with van der Waals surface area (Å²) in [5.74, 6) is 0.428. The van der Waals surface area contributed by atoms with Crippen molar-refractivity contribution >= 4 is 11.6 Å². The minimum atomic E-state index is 0.428. The third-order valence-electron chi connectivity index (χ3n) is 2.74. The zero-order valence-electron chi connectivity index (χ0n) is 10.2. The summed E-state index contributed by atoms with van der Waals surface area (Å²) in [5, 5.41) is 4.59. The Morgan fingerprint density at radius 1 is 1.18 bits per heavy atom. The molecule has 0 saturated heterocycles. The Balaban J connectivity index is 2.47. The summed E-state index contributed by atoms with van der Waals surface area (Å²) < 4.78 is 1.98. The van der Waals surface area contributed by atoms with Crippen molar-refractivity contribution in [3.63, 3.8) is 0 Å². The lowest BCUT2D eigenvalue weighted by Gasteiger charge is -2.06. The van der Waals surface area contributed by atoms with E-state index in [1.807, 2.05) is 16.8 Å². The van der Waals surface area contributed by atoms with Gasteiger partial charge >= 0.3 is 0 Å². The fourth-order valence-electron chi connectivity index (χ4n) is 1.79. The fourth-order valence-corrected chi connectivity index (χ4v) is 1.94. The van der Waals surface area contributed by atoms with Crippen molar-refractivity contribution in [1.29, 1.82) is 0 Å². The first-order chi connectivity index (χ1) is 8.28. The van der Waals surface area contributed by atoms with Crippen LogP contribution in [0.1, 0.15) is 30.9 Å². The number of hydrogen-bond acceptors (Lipinski definition) is 2. The van der Waals surface area contributed by atoms with Crippen LogP contribution in [0.3, 0.4) is 0 Å². The van der Waals surface area contributed by atoms with Gasteiger partial charge in [-0.2, -0.15) is 5.10 Å². The van der Waals surface area contributed by atoms with Crippen molar-refractivity contribution in [3.8, 4) is 5.69 Å². The van der Waals surface area contributed by atoms with Crippen molar-refractivity contribution in [3.05, 3.63) is 41.5 Å². The molecule has 90 valence electrons. The predicted molar refractivity (Wildman–Crippen MR) is 69.7 cm³/mol. The van der Waals surface area contributed by atoms with Gasteiger partial charge < -0.3 is 0 Å². The Morgan fingerprint density at radius 3 is 2.65 bits per heavy atom. The van der Waals surface area contributed by atoms with Gasteiger partial charge in [-0.05, 0) is 31.0 Å². The Labute approximate surface area is 106 Å². The van der Waals surface area contributed by atoms with Crippen LogP contribution >= 0.6 is 11.6 Å². The molecule has 0 N–H and O–H groups in total. The van der Waals surface area contributed by atoms with Crippen LogP contribution in [0, 0.1) is 0 Å². The molecule has 4 heteroatoms. The lowest BCUT2D eigenvalue weighted by Crippen LogP contribution is -2.02. The van der Waals surface area contributed by atoms with E-state index in [0.29, 0.717) is 5.88 Å². The molecule has 2 heterocycles. The molecule has 0 aliphatic carbocycles. The van der Waals surface area contributed by atoms with Crippen molar-refractivity contribution in [2.24, 2.45) is 0 Å². The Kier molecular flexibility index (Phi) is 3.79. The van der Waals surface area contributed by atoms with Gasteiger partial charge in [-0.15, -0.1) is 11.6 Å². The number of rotatable bonds is 4. The molecule has 0 radical (unpaired) electrons. The molecule has 0 spiro atoms. The number of pyridine rings is 1. The molecule has 0 aromatic carbocycles. The summed E-state index contributed by atoms with van der Waals surface area (Å²) in [6.07, 6.45) is 3.69. The summed E-state index contributed by atoms with van der Waals surface area (Å²) >= 11 is 5.80. The number of aryl methyl sites for hydroxylation is 2. The third-order valence-corrected chi connectivity index (χ3v) is 3.01. The van der Waals surface area contributed by atoms with E-state index in [4.69, 9.17) is 11.6 Å². The van der Waals surface area contributed by atoms with Gasteiger partial charge in [0.2, 0.25) is 0 Å². The van der Waals surface area contributed by atoms with Gasteiger partial charge in [0.15, 0.2) is 0 Å². The molecule has 2 aromatic rings. The SMILES string of the molecule is CCc1cc(CC)n(-c2ccnc(CCl)c2)n1. The second-order valence-electron chi connectivity index (χ2n) is 3.88. The lowest BCUT2D eigenvalue weighted by molar-refractivity contribution is 0.791. The van der Waals surface area contributed by atoms with Crippen LogP contribution in [0.2, 0.25) is 0 Å². The van der Waals surface area contributed by atoms with E-state index in [1.165, 1.54) is 5.69 Å². The van der Waals surface area contributed by atoms with Gasteiger partial charge in [0, 0.05) is 11.9 Å². The van der Waals surface area contributed by atoms with E-state index in [9.17, 15) is 0 Å². The summed E-state index contributed by atoms with van der Waals surface area (Å²) in [7, 11) is 0. The van der Waals surface area contributed by atoms with Crippen LogP contribution in [-0.4, -0.2) is 14.8 Å². The van der Waals surface area contributed by atoms with E-state index >= 15 is 0 Å². The zero-order valence-corrected chi connectivity index (χ0v) is 10.9. The van der Waals surface area contributed by atoms with Crippen LogP contribution in [0.25, 0.3) is 5.69 Å². The molecule has 0 aliphatic rings. The number of halogens is 1. The Bertz CT molecular complexity index is 505. The summed E-state index contributed by atoms with van der Waals surface area (Å²) in [6.45, 7) is 4.25. The topological polar surface area (TPSA) is 30.7 Å². The average molecular weight is 250 g/mol. The van der Waals surface area contributed by atoms with Crippen molar-refractivity contribution in [1.82, 2.24) is 14.8 Å². The molecule has 3 nitrogen and oxygen atoms in total. The molecule has 0 bridgehead atoms. The predicted octanol–water partition coefficient (Wildman–Crippen LogP) is 3.13. The van der Waals surface area contributed by atoms with Crippen molar-refractivity contribution < 1.29 is 0 Å². The van der Waals surface area contributed by atoms with Gasteiger partial charge in [-0.25, -0.2) is 4.68 Å². The highest BCUT2D eigenvalue weighted by Crippen LogP contribution is 2.15. The maximum absolute atomic E-state index is 5.80. The summed E-state index contributed by atoms with van der Waals surface area (Å²) in [5.41, 5.74) is 4.24. The maximum Gasteiger partial charge on any atom is 0.0682 e. The molecule has 0 atom stereocenters. The quantitative estimate of drug-likeness (QED) is 0.780. The number of alkyl halides is 1. The Hall–Kier alpha value is -1.35. The highest BCUT2D eigenvalue weighted by molar-refractivity contribution is 6.16. The highest BCUT2D eigenvalue weighted by atomic mass is 35.5. The minimum absolute atomic E-state index is 0.428. The van der Waals surface area contributed by atoms with Gasteiger partial charge in [0.1, 0.15) is 0 Å². The van der Waals surface area contributed by atoms with Gasteiger partial charge in [0.05, 0.1) is 23.0 Å². The van der Waals surface area contributed by atoms with Gasteiger partial charge in [-0.1, -0.05) is 13.8 Å². The summed E-state index contributed by atoms with van der Waals surface area (Å²) in [6, 6.07) is 6.10. The fraction of sp³-hybridized carbons (Fsp3) is 0.385. The number of nitrogens with zero attached hydrogens (tertiary/aromatic N) is 3. The minimum Gasteiger partial charge on any atom is -0.260 e. The summed E-state index contributed by atoms with van der Waals surface area (Å²) in [4.78, 5) is 4.19. The van der Waals surface area contributed by atoms with Crippen molar-refractivity contribution in [2.45, 2.75) is 32.6 Å². The Morgan fingerprint density at radius 2 is 2.00 bits per heavy atom. The molecule has 2 aromatic heterocycles. The van der Waals surface area contributed by atoms with E-state index in [2.05, 4.69) is 30.0 Å². The molecule has 2 rings (SSSR count). The first-order valence-electron chi connectivity index (χ1n) is 5.87. The van der Waals surface area contributed by atoms with Crippen LogP contribution in [-0.2, 0) is 18.7 Å². The first-order valence-corrected chi connectivity index (χ1v) is 6.41.